The average Bonchev–Trinajstić information content (AvgIpc) is 3.01. The predicted octanol–water partition coefficient (Wildman–Crippen LogP) is 2.49. The standard InChI is InChI=1S/C16H13F2N3O/c17-14-5-1-12(2-6-14)16(22,9-21-11-19-10-20-21)13-3-7-15(18)8-4-13/h1-8,10-11,22H,9H2. The first-order valence-corrected chi connectivity index (χ1v) is 6.65. The van der Waals surface area contributed by atoms with Crippen molar-refractivity contribution in [2.24, 2.45) is 0 Å². The van der Waals surface area contributed by atoms with Crippen molar-refractivity contribution in [3.05, 3.63) is 83.9 Å². The molecule has 4 nitrogen and oxygen atoms in total. The Morgan fingerprint density at radius 2 is 1.41 bits per heavy atom. The minimum absolute atomic E-state index is 0.0737. The lowest BCUT2D eigenvalue weighted by molar-refractivity contribution is 0.0571. The summed E-state index contributed by atoms with van der Waals surface area (Å²) < 4.78 is 27.8. The first-order chi connectivity index (χ1) is 10.6. The quantitative estimate of drug-likeness (QED) is 0.805. The Balaban J connectivity index is 2.08. The third-order valence-electron chi connectivity index (χ3n) is 3.50. The number of halogens is 2. The average molecular weight is 301 g/mol. The van der Waals surface area contributed by atoms with Crippen molar-refractivity contribution < 1.29 is 13.9 Å². The molecule has 3 aromatic rings. The van der Waals surface area contributed by atoms with Crippen LogP contribution in [0.1, 0.15) is 11.1 Å². The number of hydrogen-bond donors (Lipinski definition) is 1. The third kappa shape index (κ3) is 2.73. The molecule has 0 unspecified atom stereocenters. The lowest BCUT2D eigenvalue weighted by Crippen LogP contribution is -2.33. The summed E-state index contributed by atoms with van der Waals surface area (Å²) in [6.45, 7) is 0.0737. The van der Waals surface area contributed by atoms with Gasteiger partial charge in [-0.3, -0.25) is 0 Å². The topological polar surface area (TPSA) is 50.9 Å². The number of aliphatic hydroxyl groups is 1. The second-order valence-electron chi connectivity index (χ2n) is 4.97. The molecule has 6 heteroatoms. The summed E-state index contributed by atoms with van der Waals surface area (Å²) in [6.07, 6.45) is 2.83. The van der Waals surface area contributed by atoms with Gasteiger partial charge in [0.2, 0.25) is 0 Å². The van der Waals surface area contributed by atoms with Gasteiger partial charge in [0.15, 0.2) is 0 Å². The molecule has 0 fully saturated rings. The Hall–Kier alpha value is -2.60. The van der Waals surface area contributed by atoms with Crippen LogP contribution in [0.4, 0.5) is 8.78 Å². The van der Waals surface area contributed by atoms with Crippen molar-refractivity contribution in [3.63, 3.8) is 0 Å². The summed E-state index contributed by atoms with van der Waals surface area (Å²) in [5.74, 6) is -0.795. The van der Waals surface area contributed by atoms with Crippen LogP contribution in [-0.4, -0.2) is 19.9 Å². The van der Waals surface area contributed by atoms with Crippen LogP contribution < -0.4 is 0 Å². The highest BCUT2D eigenvalue weighted by Crippen LogP contribution is 2.31. The van der Waals surface area contributed by atoms with E-state index in [1.807, 2.05) is 0 Å². The molecule has 0 saturated carbocycles. The zero-order valence-electron chi connectivity index (χ0n) is 11.5. The highest BCUT2D eigenvalue weighted by atomic mass is 19.1. The molecule has 0 amide bonds. The van der Waals surface area contributed by atoms with E-state index in [1.165, 1.54) is 65.9 Å². The fourth-order valence-electron chi connectivity index (χ4n) is 2.35. The molecule has 2 aromatic carbocycles. The molecule has 0 aliphatic rings. The van der Waals surface area contributed by atoms with Gasteiger partial charge in [-0.1, -0.05) is 24.3 Å². The second kappa shape index (κ2) is 5.65. The molecule has 1 N–H and O–H groups in total. The van der Waals surface area contributed by atoms with E-state index in [1.54, 1.807) is 0 Å². The maximum atomic E-state index is 13.1. The summed E-state index contributed by atoms with van der Waals surface area (Å²) in [5.41, 5.74) is -0.512. The molecule has 0 aliphatic heterocycles. The number of rotatable bonds is 4. The molecule has 0 radical (unpaired) electrons. The third-order valence-corrected chi connectivity index (χ3v) is 3.50. The van der Waals surface area contributed by atoms with E-state index in [2.05, 4.69) is 10.1 Å². The summed E-state index contributed by atoms with van der Waals surface area (Å²) in [7, 11) is 0. The van der Waals surface area contributed by atoms with Crippen LogP contribution in [0.3, 0.4) is 0 Å². The predicted molar refractivity (Wildman–Crippen MR) is 75.8 cm³/mol. The van der Waals surface area contributed by atoms with Gasteiger partial charge in [-0.15, -0.1) is 0 Å². The van der Waals surface area contributed by atoms with Crippen molar-refractivity contribution in [1.29, 1.82) is 0 Å². The number of aromatic nitrogens is 3. The summed E-state index contributed by atoms with van der Waals surface area (Å²) in [6, 6.07) is 11.1. The van der Waals surface area contributed by atoms with E-state index in [-0.39, 0.29) is 6.54 Å². The van der Waals surface area contributed by atoms with Gasteiger partial charge < -0.3 is 5.11 Å². The minimum atomic E-state index is -1.48. The van der Waals surface area contributed by atoms with Crippen molar-refractivity contribution in [1.82, 2.24) is 14.8 Å². The van der Waals surface area contributed by atoms with Gasteiger partial charge in [0, 0.05) is 0 Å². The van der Waals surface area contributed by atoms with Crippen LogP contribution in [-0.2, 0) is 12.1 Å². The SMILES string of the molecule is OC(Cn1cncn1)(c1ccc(F)cc1)c1ccc(F)cc1. The molecular formula is C16H13F2N3O. The van der Waals surface area contributed by atoms with Gasteiger partial charge >= 0.3 is 0 Å². The molecular weight excluding hydrogens is 288 g/mol. The second-order valence-corrected chi connectivity index (χ2v) is 4.97. The molecule has 0 aliphatic carbocycles. The Morgan fingerprint density at radius 1 is 0.909 bits per heavy atom. The van der Waals surface area contributed by atoms with Crippen LogP contribution >= 0.6 is 0 Å². The normalized spacial score (nSPS) is 11.6. The van der Waals surface area contributed by atoms with E-state index in [0.717, 1.165) is 0 Å². The number of nitrogens with zero attached hydrogens (tertiary/aromatic N) is 3. The fraction of sp³-hybridized carbons (Fsp3) is 0.125. The molecule has 0 atom stereocenters. The van der Waals surface area contributed by atoms with Crippen molar-refractivity contribution >= 4 is 0 Å². The monoisotopic (exact) mass is 301 g/mol. The Morgan fingerprint density at radius 3 is 1.82 bits per heavy atom. The Labute approximate surface area is 125 Å². The molecule has 0 bridgehead atoms. The number of benzene rings is 2. The van der Waals surface area contributed by atoms with Crippen molar-refractivity contribution in [2.45, 2.75) is 12.1 Å². The van der Waals surface area contributed by atoms with Crippen LogP contribution in [0.2, 0.25) is 0 Å². The maximum absolute atomic E-state index is 13.1. The van der Waals surface area contributed by atoms with Gasteiger partial charge in [-0.05, 0) is 35.4 Å². The molecule has 0 saturated heterocycles. The molecule has 1 heterocycles. The summed E-state index contributed by atoms with van der Waals surface area (Å²) in [5, 5.41) is 15.2. The molecule has 3 rings (SSSR count). The number of hydrogen-bond acceptors (Lipinski definition) is 3. The maximum Gasteiger partial charge on any atom is 0.137 e. The van der Waals surface area contributed by atoms with Crippen molar-refractivity contribution in [3.8, 4) is 0 Å². The molecule has 0 spiro atoms. The highest BCUT2D eigenvalue weighted by molar-refractivity contribution is 5.36. The van der Waals surface area contributed by atoms with Crippen LogP contribution in [0.15, 0.2) is 61.2 Å². The zero-order valence-corrected chi connectivity index (χ0v) is 11.5. The van der Waals surface area contributed by atoms with Crippen LogP contribution in [0.5, 0.6) is 0 Å². The van der Waals surface area contributed by atoms with E-state index < -0.39 is 17.2 Å². The smallest absolute Gasteiger partial charge is 0.137 e. The highest BCUT2D eigenvalue weighted by Gasteiger charge is 2.32. The van der Waals surface area contributed by atoms with E-state index in [0.29, 0.717) is 11.1 Å². The zero-order chi connectivity index (χ0) is 15.6. The first-order valence-electron chi connectivity index (χ1n) is 6.65. The minimum Gasteiger partial charge on any atom is -0.378 e. The Kier molecular flexibility index (Phi) is 3.68. The summed E-state index contributed by atoms with van der Waals surface area (Å²) in [4.78, 5) is 3.84. The van der Waals surface area contributed by atoms with E-state index in [9.17, 15) is 13.9 Å². The van der Waals surface area contributed by atoms with Crippen LogP contribution in [0.25, 0.3) is 0 Å². The van der Waals surface area contributed by atoms with Crippen molar-refractivity contribution in [2.75, 3.05) is 0 Å². The van der Waals surface area contributed by atoms with Gasteiger partial charge in [0.1, 0.15) is 29.9 Å². The van der Waals surface area contributed by atoms with Gasteiger partial charge in [-0.2, -0.15) is 5.10 Å². The molecule has 112 valence electrons. The first kappa shape index (κ1) is 14.3. The van der Waals surface area contributed by atoms with Crippen LogP contribution in [0, 0.1) is 11.6 Å². The van der Waals surface area contributed by atoms with Gasteiger partial charge in [0.25, 0.3) is 0 Å². The van der Waals surface area contributed by atoms with E-state index >= 15 is 0 Å². The molecule has 22 heavy (non-hydrogen) atoms. The fourth-order valence-corrected chi connectivity index (χ4v) is 2.35. The largest absolute Gasteiger partial charge is 0.378 e. The Bertz CT molecular complexity index is 695. The summed E-state index contributed by atoms with van der Waals surface area (Å²) >= 11 is 0. The lowest BCUT2D eigenvalue weighted by Gasteiger charge is -2.29. The lowest BCUT2D eigenvalue weighted by atomic mass is 9.86. The van der Waals surface area contributed by atoms with Gasteiger partial charge in [0.05, 0.1) is 6.54 Å². The molecule has 1 aromatic heterocycles. The van der Waals surface area contributed by atoms with E-state index in [4.69, 9.17) is 0 Å². The van der Waals surface area contributed by atoms with Gasteiger partial charge in [-0.25, -0.2) is 18.4 Å².